The average Bonchev–Trinajstić information content (AvgIpc) is 2.08. The van der Waals surface area contributed by atoms with E-state index >= 15 is 0 Å². The maximum Gasteiger partial charge on any atom is 0.158 e. The summed E-state index contributed by atoms with van der Waals surface area (Å²) in [6.45, 7) is 5.81. The van der Waals surface area contributed by atoms with Gasteiger partial charge in [0, 0.05) is 11.8 Å². The van der Waals surface area contributed by atoms with Gasteiger partial charge in [0.2, 0.25) is 0 Å². The molecule has 0 N–H and O–H groups in total. The van der Waals surface area contributed by atoms with Crippen molar-refractivity contribution >= 4 is 21.7 Å². The SMILES string of the molecule is C=C(CBr)[C@@H]1CC=C(C)C(=O)C1. The van der Waals surface area contributed by atoms with E-state index in [1.165, 1.54) is 0 Å². The normalized spacial score (nSPS) is 23.7. The molecule has 0 saturated heterocycles. The second-order valence-electron chi connectivity index (χ2n) is 3.24. The van der Waals surface area contributed by atoms with Gasteiger partial charge >= 0.3 is 0 Å². The van der Waals surface area contributed by atoms with Crippen molar-refractivity contribution in [2.45, 2.75) is 19.8 Å². The summed E-state index contributed by atoms with van der Waals surface area (Å²) in [5, 5.41) is 0.803. The lowest BCUT2D eigenvalue weighted by Crippen LogP contribution is -2.16. The van der Waals surface area contributed by atoms with Crippen LogP contribution in [0.2, 0.25) is 0 Å². The highest BCUT2D eigenvalue weighted by Gasteiger charge is 2.20. The van der Waals surface area contributed by atoms with Crippen molar-refractivity contribution in [3.63, 3.8) is 0 Å². The minimum Gasteiger partial charge on any atom is -0.295 e. The number of hydrogen-bond acceptors (Lipinski definition) is 1. The molecule has 0 amide bonds. The quantitative estimate of drug-likeness (QED) is 0.525. The van der Waals surface area contributed by atoms with E-state index in [4.69, 9.17) is 0 Å². The first-order valence-electron chi connectivity index (χ1n) is 4.08. The molecule has 2 heteroatoms. The molecule has 1 aliphatic carbocycles. The number of halogens is 1. The lowest BCUT2D eigenvalue weighted by molar-refractivity contribution is -0.116. The molecule has 1 rings (SSSR count). The van der Waals surface area contributed by atoms with Crippen molar-refractivity contribution in [3.8, 4) is 0 Å². The third-order valence-corrected chi connectivity index (χ3v) is 3.05. The summed E-state index contributed by atoms with van der Waals surface area (Å²) in [6.07, 6.45) is 3.64. The van der Waals surface area contributed by atoms with Crippen LogP contribution in [-0.4, -0.2) is 11.1 Å². The Morgan fingerprint density at radius 3 is 3.00 bits per heavy atom. The molecular formula is C10H13BrO. The standard InChI is InChI=1S/C10H13BrO/c1-7-3-4-9(5-10(7)12)8(2)6-11/h3,9H,2,4-6H2,1H3/t9-/m1/s1. The van der Waals surface area contributed by atoms with Gasteiger partial charge in [0.25, 0.3) is 0 Å². The largest absolute Gasteiger partial charge is 0.295 e. The van der Waals surface area contributed by atoms with Gasteiger partial charge in [-0.05, 0) is 24.8 Å². The first-order chi connectivity index (χ1) is 5.65. The maximum absolute atomic E-state index is 11.3. The smallest absolute Gasteiger partial charge is 0.158 e. The number of alkyl halides is 1. The van der Waals surface area contributed by atoms with Crippen LogP contribution >= 0.6 is 15.9 Å². The van der Waals surface area contributed by atoms with Crippen LogP contribution in [0.3, 0.4) is 0 Å². The van der Waals surface area contributed by atoms with Crippen molar-refractivity contribution in [2.75, 3.05) is 5.33 Å². The molecule has 0 spiro atoms. The Morgan fingerprint density at radius 1 is 1.83 bits per heavy atom. The fourth-order valence-electron chi connectivity index (χ4n) is 1.32. The predicted octanol–water partition coefficient (Wildman–Crippen LogP) is 2.86. The fourth-order valence-corrected chi connectivity index (χ4v) is 1.78. The zero-order valence-electron chi connectivity index (χ0n) is 7.27. The molecular weight excluding hydrogens is 216 g/mol. The van der Waals surface area contributed by atoms with E-state index in [1.807, 2.05) is 13.0 Å². The van der Waals surface area contributed by atoms with Crippen LogP contribution < -0.4 is 0 Å². The van der Waals surface area contributed by atoms with Crippen molar-refractivity contribution in [1.82, 2.24) is 0 Å². The molecule has 0 radical (unpaired) electrons. The Balaban J connectivity index is 2.65. The lowest BCUT2D eigenvalue weighted by Gasteiger charge is -2.20. The highest BCUT2D eigenvalue weighted by molar-refractivity contribution is 9.09. The summed E-state index contributed by atoms with van der Waals surface area (Å²) < 4.78 is 0. The second kappa shape index (κ2) is 4.04. The topological polar surface area (TPSA) is 17.1 Å². The van der Waals surface area contributed by atoms with Crippen molar-refractivity contribution in [1.29, 1.82) is 0 Å². The predicted molar refractivity (Wildman–Crippen MR) is 54.4 cm³/mol. The van der Waals surface area contributed by atoms with Crippen LogP contribution in [0.15, 0.2) is 23.8 Å². The number of rotatable bonds is 2. The van der Waals surface area contributed by atoms with Gasteiger partial charge in [-0.3, -0.25) is 4.79 Å². The molecule has 1 aliphatic rings. The van der Waals surface area contributed by atoms with Gasteiger partial charge in [0.05, 0.1) is 0 Å². The first kappa shape index (κ1) is 9.72. The molecule has 0 aromatic carbocycles. The first-order valence-corrected chi connectivity index (χ1v) is 5.21. The van der Waals surface area contributed by atoms with E-state index < -0.39 is 0 Å². The number of carbonyl (C=O) groups is 1. The molecule has 0 saturated carbocycles. The van der Waals surface area contributed by atoms with E-state index in [-0.39, 0.29) is 5.78 Å². The summed E-state index contributed by atoms with van der Waals surface area (Å²) in [6, 6.07) is 0. The summed E-state index contributed by atoms with van der Waals surface area (Å²) in [7, 11) is 0. The molecule has 1 atom stereocenters. The minimum atomic E-state index is 0.272. The van der Waals surface area contributed by atoms with Crippen molar-refractivity contribution < 1.29 is 4.79 Å². The van der Waals surface area contributed by atoms with Crippen molar-refractivity contribution in [3.05, 3.63) is 23.8 Å². The average molecular weight is 229 g/mol. The second-order valence-corrected chi connectivity index (χ2v) is 3.80. The molecule has 0 aliphatic heterocycles. The van der Waals surface area contributed by atoms with Gasteiger partial charge in [0.15, 0.2) is 5.78 Å². The van der Waals surface area contributed by atoms with Gasteiger partial charge in [-0.1, -0.05) is 34.2 Å². The minimum absolute atomic E-state index is 0.272. The number of Topliss-reactive ketones (excluding diaryl/α,β-unsaturated/α-hetero) is 1. The Hall–Kier alpha value is -0.370. The Kier molecular flexibility index (Phi) is 3.27. The van der Waals surface area contributed by atoms with Crippen LogP contribution in [0.5, 0.6) is 0 Å². The molecule has 0 heterocycles. The van der Waals surface area contributed by atoms with Gasteiger partial charge in [0.1, 0.15) is 0 Å². The molecule has 0 aromatic rings. The van der Waals surface area contributed by atoms with Crippen LogP contribution in [0.1, 0.15) is 19.8 Å². The highest BCUT2D eigenvalue weighted by atomic mass is 79.9. The van der Waals surface area contributed by atoms with Crippen LogP contribution in [0.25, 0.3) is 0 Å². The van der Waals surface area contributed by atoms with E-state index in [9.17, 15) is 4.79 Å². The molecule has 0 bridgehead atoms. The van der Waals surface area contributed by atoms with Crippen molar-refractivity contribution in [2.24, 2.45) is 5.92 Å². The van der Waals surface area contributed by atoms with E-state index in [2.05, 4.69) is 22.5 Å². The van der Waals surface area contributed by atoms with E-state index in [1.54, 1.807) is 0 Å². The summed E-state index contributed by atoms with van der Waals surface area (Å²) >= 11 is 3.35. The van der Waals surface area contributed by atoms with Gasteiger partial charge < -0.3 is 0 Å². The van der Waals surface area contributed by atoms with E-state index in [0.29, 0.717) is 12.3 Å². The molecule has 0 aromatic heterocycles. The molecule has 0 unspecified atom stereocenters. The zero-order valence-corrected chi connectivity index (χ0v) is 8.86. The van der Waals surface area contributed by atoms with Crippen LogP contribution in [-0.2, 0) is 4.79 Å². The van der Waals surface area contributed by atoms with Gasteiger partial charge in [-0.25, -0.2) is 0 Å². The molecule has 1 nitrogen and oxygen atoms in total. The number of allylic oxidation sites excluding steroid dienone is 3. The number of carbonyl (C=O) groups excluding carboxylic acids is 1. The third kappa shape index (κ3) is 2.07. The number of hydrogen-bond donors (Lipinski definition) is 0. The van der Waals surface area contributed by atoms with E-state index in [0.717, 1.165) is 22.9 Å². The maximum atomic E-state index is 11.3. The zero-order chi connectivity index (χ0) is 9.14. The summed E-state index contributed by atoms with van der Waals surface area (Å²) in [5.74, 6) is 0.633. The summed E-state index contributed by atoms with van der Waals surface area (Å²) in [5.41, 5.74) is 2.04. The monoisotopic (exact) mass is 228 g/mol. The Morgan fingerprint density at radius 2 is 2.50 bits per heavy atom. The Labute approximate surface area is 81.7 Å². The highest BCUT2D eigenvalue weighted by Crippen LogP contribution is 2.26. The molecule has 12 heavy (non-hydrogen) atoms. The molecule has 0 fully saturated rings. The Bertz CT molecular complexity index is 240. The van der Waals surface area contributed by atoms with Gasteiger partial charge in [-0.15, -0.1) is 0 Å². The fraction of sp³-hybridized carbons (Fsp3) is 0.500. The van der Waals surface area contributed by atoms with Crippen LogP contribution in [0, 0.1) is 5.92 Å². The van der Waals surface area contributed by atoms with Crippen LogP contribution in [0.4, 0.5) is 0 Å². The molecule has 66 valence electrons. The van der Waals surface area contributed by atoms with Gasteiger partial charge in [-0.2, -0.15) is 0 Å². The third-order valence-electron chi connectivity index (χ3n) is 2.33. The number of ketones is 1. The summed E-state index contributed by atoms with van der Waals surface area (Å²) in [4.78, 5) is 11.3. The lowest BCUT2D eigenvalue weighted by atomic mass is 9.85.